The van der Waals surface area contributed by atoms with E-state index >= 15 is 0 Å². The fourth-order valence-electron chi connectivity index (χ4n) is 2.77. The highest BCUT2D eigenvalue weighted by atomic mass is 32.2. The molecule has 1 saturated carbocycles. The fraction of sp³-hybridized carbons (Fsp3) is 1.00. The zero-order chi connectivity index (χ0) is 13.8. The van der Waals surface area contributed by atoms with Crippen LogP contribution in [0.3, 0.4) is 0 Å². The van der Waals surface area contributed by atoms with Gasteiger partial charge in [0.25, 0.3) is 0 Å². The Kier molecular flexibility index (Phi) is 6.49. The molecule has 0 radical (unpaired) electrons. The highest BCUT2D eigenvalue weighted by Gasteiger charge is 2.35. The third kappa shape index (κ3) is 4.75. The van der Waals surface area contributed by atoms with Crippen molar-refractivity contribution in [2.45, 2.75) is 58.2 Å². The summed E-state index contributed by atoms with van der Waals surface area (Å²) in [6, 6.07) is 0.652. The first-order valence-electron chi connectivity index (χ1n) is 7.28. The van der Waals surface area contributed by atoms with Crippen molar-refractivity contribution in [2.75, 3.05) is 19.4 Å². The fourth-order valence-corrected chi connectivity index (χ4v) is 4.32. The number of nitrogens with one attached hydrogen (secondary N) is 1. The van der Waals surface area contributed by atoms with Gasteiger partial charge in [0.15, 0.2) is 0 Å². The van der Waals surface area contributed by atoms with Crippen LogP contribution in [0, 0.1) is 17.3 Å². The Labute approximate surface area is 117 Å². The summed E-state index contributed by atoms with van der Waals surface area (Å²) in [6.07, 6.45) is 3.96. The van der Waals surface area contributed by atoms with Gasteiger partial charge in [-0.1, -0.05) is 27.7 Å². The lowest BCUT2D eigenvalue weighted by atomic mass is 9.71. The lowest BCUT2D eigenvalue weighted by molar-refractivity contribution is 0.167. The molecule has 0 aromatic carbocycles. The topological polar surface area (TPSA) is 32.3 Å². The van der Waals surface area contributed by atoms with E-state index in [0.717, 1.165) is 11.7 Å². The minimum absolute atomic E-state index is 0.312. The van der Waals surface area contributed by atoms with Gasteiger partial charge in [0.1, 0.15) is 0 Å². The summed E-state index contributed by atoms with van der Waals surface area (Å²) in [5.74, 6) is 2.34. The van der Waals surface area contributed by atoms with E-state index in [0.29, 0.717) is 29.2 Å². The van der Waals surface area contributed by atoms with Gasteiger partial charge in [-0.25, -0.2) is 0 Å². The van der Waals surface area contributed by atoms with Gasteiger partial charge in [-0.15, -0.1) is 0 Å². The lowest BCUT2D eigenvalue weighted by Gasteiger charge is -2.41. The maximum atomic E-state index is 9.14. The molecule has 0 aliphatic heterocycles. The normalized spacial score (nSPS) is 31.3. The molecule has 1 aliphatic rings. The lowest BCUT2D eigenvalue weighted by Crippen LogP contribution is -2.43. The second-order valence-corrected chi connectivity index (χ2v) is 8.20. The van der Waals surface area contributed by atoms with E-state index in [1.54, 1.807) is 0 Å². The van der Waals surface area contributed by atoms with Crippen LogP contribution < -0.4 is 5.32 Å². The first-order chi connectivity index (χ1) is 8.38. The van der Waals surface area contributed by atoms with Gasteiger partial charge < -0.3 is 10.4 Å². The Morgan fingerprint density at radius 3 is 2.50 bits per heavy atom. The van der Waals surface area contributed by atoms with Crippen molar-refractivity contribution in [3.05, 3.63) is 0 Å². The van der Waals surface area contributed by atoms with Gasteiger partial charge in [0.05, 0.1) is 0 Å². The Balaban J connectivity index is 2.54. The molecule has 0 amide bonds. The van der Waals surface area contributed by atoms with E-state index in [4.69, 9.17) is 5.11 Å². The second kappa shape index (κ2) is 7.16. The number of hydrogen-bond donors (Lipinski definition) is 2. The molecule has 0 spiro atoms. The largest absolute Gasteiger partial charge is 0.396 e. The molecule has 0 saturated heterocycles. The maximum absolute atomic E-state index is 9.14. The summed E-state index contributed by atoms with van der Waals surface area (Å²) in [5.41, 5.74) is 0.431. The highest BCUT2D eigenvalue weighted by Crippen LogP contribution is 2.41. The molecule has 0 aromatic heterocycles. The second-order valence-electron chi connectivity index (χ2n) is 6.93. The Hall–Kier alpha value is 0.270. The van der Waals surface area contributed by atoms with Gasteiger partial charge >= 0.3 is 0 Å². The van der Waals surface area contributed by atoms with E-state index in [1.807, 2.05) is 0 Å². The number of hydrogen-bond acceptors (Lipinski definition) is 3. The quantitative estimate of drug-likeness (QED) is 0.807. The van der Waals surface area contributed by atoms with Gasteiger partial charge in [0.2, 0.25) is 0 Å². The van der Waals surface area contributed by atoms with Crippen molar-refractivity contribution in [1.82, 2.24) is 5.32 Å². The Morgan fingerprint density at radius 2 is 2.00 bits per heavy atom. The van der Waals surface area contributed by atoms with Gasteiger partial charge in [-0.2, -0.15) is 11.8 Å². The van der Waals surface area contributed by atoms with Crippen molar-refractivity contribution < 1.29 is 5.11 Å². The van der Waals surface area contributed by atoms with Gasteiger partial charge in [-0.05, 0) is 49.3 Å². The average Bonchev–Trinajstić information content (AvgIpc) is 2.34. The van der Waals surface area contributed by atoms with Crippen LogP contribution in [0.15, 0.2) is 0 Å². The van der Waals surface area contributed by atoms with Crippen molar-refractivity contribution in [3.63, 3.8) is 0 Å². The van der Waals surface area contributed by atoms with Crippen LogP contribution in [0.5, 0.6) is 0 Å². The van der Waals surface area contributed by atoms with Crippen molar-refractivity contribution in [3.8, 4) is 0 Å². The minimum atomic E-state index is 0.312. The summed E-state index contributed by atoms with van der Waals surface area (Å²) in [7, 11) is 2.09. The first kappa shape index (κ1) is 16.3. The highest BCUT2D eigenvalue weighted by molar-refractivity contribution is 7.99. The van der Waals surface area contributed by atoms with Crippen molar-refractivity contribution in [2.24, 2.45) is 17.3 Å². The zero-order valence-corrected chi connectivity index (χ0v) is 13.5. The predicted octanol–water partition coefficient (Wildman–Crippen LogP) is 3.15. The summed E-state index contributed by atoms with van der Waals surface area (Å²) >= 11 is 2.06. The molecule has 0 heterocycles. The minimum Gasteiger partial charge on any atom is -0.396 e. The van der Waals surface area contributed by atoms with Crippen LogP contribution in [0.4, 0.5) is 0 Å². The van der Waals surface area contributed by atoms with Crippen molar-refractivity contribution in [1.29, 1.82) is 0 Å². The number of rotatable bonds is 5. The molecule has 1 rings (SSSR count). The molecular weight excluding hydrogens is 242 g/mol. The summed E-state index contributed by atoms with van der Waals surface area (Å²) in [5, 5.41) is 13.3. The standard InChI is InChI=1S/C15H31NOS/c1-11(9-17)10-18-14-8-12(15(2,3)4)6-7-13(14)16-5/h11-14,16-17H,6-10H2,1-5H3. The van der Waals surface area contributed by atoms with Crippen LogP contribution >= 0.6 is 11.8 Å². The predicted molar refractivity (Wildman–Crippen MR) is 82.1 cm³/mol. The molecular formula is C15H31NOS. The molecule has 2 nitrogen and oxygen atoms in total. The Morgan fingerprint density at radius 1 is 1.33 bits per heavy atom. The SMILES string of the molecule is CNC1CCC(C(C)(C)C)CC1SCC(C)CO. The van der Waals surface area contributed by atoms with E-state index in [9.17, 15) is 0 Å². The molecule has 0 bridgehead atoms. The van der Waals surface area contributed by atoms with Crippen molar-refractivity contribution >= 4 is 11.8 Å². The molecule has 4 atom stereocenters. The van der Waals surface area contributed by atoms with Gasteiger partial charge in [-0.3, -0.25) is 0 Å². The van der Waals surface area contributed by atoms with E-state index in [1.165, 1.54) is 19.3 Å². The van der Waals surface area contributed by atoms with Crippen LogP contribution in [-0.2, 0) is 0 Å². The van der Waals surface area contributed by atoms with E-state index in [2.05, 4.69) is 51.8 Å². The maximum Gasteiger partial charge on any atom is 0.0464 e. The molecule has 18 heavy (non-hydrogen) atoms. The van der Waals surface area contributed by atoms with Crippen LogP contribution in [0.2, 0.25) is 0 Å². The summed E-state index contributed by atoms with van der Waals surface area (Å²) in [6.45, 7) is 9.55. The third-order valence-corrected chi connectivity index (χ3v) is 6.00. The van der Waals surface area contributed by atoms with E-state index < -0.39 is 0 Å². The molecule has 1 aliphatic carbocycles. The monoisotopic (exact) mass is 273 g/mol. The molecule has 2 N–H and O–H groups in total. The molecule has 3 heteroatoms. The average molecular weight is 273 g/mol. The third-order valence-electron chi connectivity index (χ3n) is 4.29. The molecule has 1 fully saturated rings. The van der Waals surface area contributed by atoms with E-state index in [-0.39, 0.29) is 0 Å². The number of aliphatic hydroxyl groups excluding tert-OH is 1. The van der Waals surface area contributed by atoms with Gasteiger partial charge in [0, 0.05) is 17.9 Å². The van der Waals surface area contributed by atoms with Crippen LogP contribution in [0.1, 0.15) is 47.0 Å². The number of aliphatic hydroxyl groups is 1. The summed E-state index contributed by atoms with van der Waals surface area (Å²) < 4.78 is 0. The zero-order valence-electron chi connectivity index (χ0n) is 12.7. The Bertz CT molecular complexity index is 239. The number of thioether (sulfide) groups is 1. The first-order valence-corrected chi connectivity index (χ1v) is 8.33. The molecule has 4 unspecified atom stereocenters. The molecule has 108 valence electrons. The van der Waals surface area contributed by atoms with Crippen LogP contribution in [0.25, 0.3) is 0 Å². The van der Waals surface area contributed by atoms with Crippen LogP contribution in [-0.4, -0.2) is 35.8 Å². The molecule has 0 aromatic rings. The smallest absolute Gasteiger partial charge is 0.0464 e. The summed E-state index contributed by atoms with van der Waals surface area (Å²) in [4.78, 5) is 0.